The fourth-order valence-electron chi connectivity index (χ4n) is 1.27. The zero-order chi connectivity index (χ0) is 9.80. The average molecular weight is 205 g/mol. The first-order valence-electron chi connectivity index (χ1n) is 4.39. The molecule has 0 atom stereocenters. The lowest BCUT2D eigenvalue weighted by atomic mass is 10.2. The summed E-state index contributed by atoms with van der Waals surface area (Å²) < 4.78 is 0. The molecule has 0 amide bonds. The first-order chi connectivity index (χ1) is 6.92. The van der Waals surface area contributed by atoms with Gasteiger partial charge in [-0.15, -0.1) is 11.6 Å². The number of imidazole rings is 1. The molecule has 1 aromatic carbocycles. The molecule has 2 rings (SSSR count). The van der Waals surface area contributed by atoms with Gasteiger partial charge in [-0.05, 0) is 12.1 Å². The van der Waals surface area contributed by atoms with Crippen LogP contribution in [0.3, 0.4) is 0 Å². The van der Waals surface area contributed by atoms with Crippen LogP contribution in [0.4, 0.5) is 0 Å². The molecule has 0 spiro atoms. The molecule has 0 fully saturated rings. The molecular weight excluding hydrogens is 196 g/mol. The van der Waals surface area contributed by atoms with Gasteiger partial charge in [0.25, 0.3) is 0 Å². The van der Waals surface area contributed by atoms with Crippen LogP contribution >= 0.6 is 11.6 Å². The Morgan fingerprint density at radius 2 is 2.36 bits per heavy atom. The topological polar surface area (TPSA) is 28.7 Å². The monoisotopic (exact) mass is 204 g/mol. The maximum absolute atomic E-state index is 5.54. The Balaban J connectivity index is 2.43. The van der Waals surface area contributed by atoms with Crippen molar-refractivity contribution in [3.63, 3.8) is 0 Å². The van der Waals surface area contributed by atoms with Gasteiger partial charge in [-0.25, -0.2) is 4.98 Å². The fraction of sp³-hybridized carbons (Fsp3) is 0.182. The van der Waals surface area contributed by atoms with Crippen molar-refractivity contribution in [1.29, 1.82) is 0 Å². The van der Waals surface area contributed by atoms with Gasteiger partial charge in [0.15, 0.2) is 0 Å². The second kappa shape index (κ2) is 4.17. The van der Waals surface area contributed by atoms with E-state index in [4.69, 9.17) is 11.6 Å². The summed E-state index contributed by atoms with van der Waals surface area (Å²) in [5, 5.41) is 0. The van der Waals surface area contributed by atoms with Crippen LogP contribution in [0.15, 0.2) is 24.5 Å². The third-order valence-electron chi connectivity index (χ3n) is 1.89. The van der Waals surface area contributed by atoms with Gasteiger partial charge in [-0.2, -0.15) is 0 Å². The van der Waals surface area contributed by atoms with E-state index >= 15 is 0 Å². The van der Waals surface area contributed by atoms with Crippen molar-refractivity contribution in [2.24, 2.45) is 0 Å². The number of halogens is 1. The summed E-state index contributed by atoms with van der Waals surface area (Å²) in [7, 11) is 0. The van der Waals surface area contributed by atoms with Crippen LogP contribution in [0, 0.1) is 11.8 Å². The highest BCUT2D eigenvalue weighted by Gasteiger charge is 1.98. The number of para-hydroxylation sites is 1. The molecule has 3 heteroatoms. The van der Waals surface area contributed by atoms with Gasteiger partial charge < -0.3 is 4.98 Å². The zero-order valence-corrected chi connectivity index (χ0v) is 8.30. The second-order valence-electron chi connectivity index (χ2n) is 2.85. The molecule has 0 saturated carbocycles. The van der Waals surface area contributed by atoms with Crippen LogP contribution in [0.5, 0.6) is 0 Å². The van der Waals surface area contributed by atoms with Crippen LogP contribution in [0.2, 0.25) is 0 Å². The number of rotatable bonds is 1. The summed E-state index contributed by atoms with van der Waals surface area (Å²) in [4.78, 5) is 7.25. The van der Waals surface area contributed by atoms with E-state index < -0.39 is 0 Å². The van der Waals surface area contributed by atoms with Crippen molar-refractivity contribution in [3.05, 3.63) is 30.1 Å². The molecular formula is C11H9ClN2. The first kappa shape index (κ1) is 9.11. The van der Waals surface area contributed by atoms with Gasteiger partial charge in [0.2, 0.25) is 0 Å². The number of benzene rings is 1. The van der Waals surface area contributed by atoms with E-state index in [2.05, 4.69) is 21.8 Å². The maximum Gasteiger partial charge on any atom is 0.104 e. The van der Waals surface area contributed by atoms with Crippen LogP contribution in [0.1, 0.15) is 12.0 Å². The molecule has 14 heavy (non-hydrogen) atoms. The van der Waals surface area contributed by atoms with Gasteiger partial charge >= 0.3 is 0 Å². The number of fused-ring (bicyclic) bond motifs is 1. The van der Waals surface area contributed by atoms with Crippen LogP contribution in [0.25, 0.3) is 11.0 Å². The maximum atomic E-state index is 5.54. The number of aromatic amines is 1. The highest BCUT2D eigenvalue weighted by Crippen LogP contribution is 2.12. The van der Waals surface area contributed by atoms with Crippen molar-refractivity contribution in [2.75, 3.05) is 5.88 Å². The molecule has 0 aliphatic rings. The van der Waals surface area contributed by atoms with Gasteiger partial charge in [-0.1, -0.05) is 17.9 Å². The number of hydrogen-bond donors (Lipinski definition) is 1. The van der Waals surface area contributed by atoms with E-state index in [9.17, 15) is 0 Å². The number of H-pyrrole nitrogens is 1. The Bertz CT molecular complexity index is 490. The standard InChI is InChI=1S/C11H9ClN2/c12-7-2-1-4-9-5-3-6-10-11(9)14-8-13-10/h3,5-6,8H,2,7H2,(H,13,14). The second-order valence-corrected chi connectivity index (χ2v) is 3.22. The Labute approximate surface area is 87.3 Å². The SMILES string of the molecule is ClCCC#Cc1cccc2[nH]cnc12. The van der Waals surface area contributed by atoms with E-state index in [0.29, 0.717) is 12.3 Å². The number of aromatic nitrogens is 2. The lowest BCUT2D eigenvalue weighted by Crippen LogP contribution is -1.78. The lowest BCUT2D eigenvalue weighted by Gasteiger charge is -1.91. The minimum absolute atomic E-state index is 0.573. The molecule has 0 radical (unpaired) electrons. The molecule has 0 saturated heterocycles. The highest BCUT2D eigenvalue weighted by molar-refractivity contribution is 6.18. The molecule has 2 nitrogen and oxygen atoms in total. The Kier molecular flexibility index (Phi) is 2.71. The molecule has 0 aliphatic heterocycles. The van der Waals surface area contributed by atoms with Crippen molar-refractivity contribution in [2.45, 2.75) is 6.42 Å². The summed E-state index contributed by atoms with van der Waals surface area (Å²) in [5.41, 5.74) is 2.89. The zero-order valence-electron chi connectivity index (χ0n) is 7.55. The van der Waals surface area contributed by atoms with E-state index in [1.54, 1.807) is 6.33 Å². The lowest BCUT2D eigenvalue weighted by molar-refractivity contribution is 1.29. The van der Waals surface area contributed by atoms with Crippen LogP contribution in [-0.4, -0.2) is 15.8 Å². The normalized spacial score (nSPS) is 9.79. The quantitative estimate of drug-likeness (QED) is 0.561. The van der Waals surface area contributed by atoms with E-state index in [0.717, 1.165) is 16.6 Å². The van der Waals surface area contributed by atoms with E-state index in [-0.39, 0.29) is 0 Å². The third-order valence-corrected chi connectivity index (χ3v) is 2.08. The van der Waals surface area contributed by atoms with E-state index in [1.165, 1.54) is 0 Å². The summed E-state index contributed by atoms with van der Waals surface area (Å²) in [6.45, 7) is 0. The number of alkyl halides is 1. The Hall–Kier alpha value is -1.46. The van der Waals surface area contributed by atoms with Gasteiger partial charge in [0, 0.05) is 12.3 Å². The van der Waals surface area contributed by atoms with Gasteiger partial charge in [0.05, 0.1) is 17.4 Å². The number of nitrogens with zero attached hydrogens (tertiary/aromatic N) is 1. The molecule has 1 N–H and O–H groups in total. The van der Waals surface area contributed by atoms with Crippen molar-refractivity contribution >= 4 is 22.6 Å². The van der Waals surface area contributed by atoms with Crippen molar-refractivity contribution in [3.8, 4) is 11.8 Å². The summed E-state index contributed by atoms with van der Waals surface area (Å²) in [6, 6.07) is 5.91. The number of nitrogens with one attached hydrogen (secondary N) is 1. The van der Waals surface area contributed by atoms with Gasteiger partial charge in [-0.3, -0.25) is 0 Å². The molecule has 1 aromatic heterocycles. The van der Waals surface area contributed by atoms with Crippen LogP contribution in [-0.2, 0) is 0 Å². The van der Waals surface area contributed by atoms with Crippen molar-refractivity contribution in [1.82, 2.24) is 9.97 Å². The minimum atomic E-state index is 0.573. The molecule has 70 valence electrons. The van der Waals surface area contributed by atoms with E-state index in [1.807, 2.05) is 18.2 Å². The number of hydrogen-bond acceptors (Lipinski definition) is 1. The molecule has 0 unspecified atom stereocenters. The molecule has 2 aromatic rings. The smallest absolute Gasteiger partial charge is 0.104 e. The average Bonchev–Trinajstić information content (AvgIpc) is 2.67. The van der Waals surface area contributed by atoms with Crippen LogP contribution < -0.4 is 0 Å². The first-order valence-corrected chi connectivity index (χ1v) is 4.92. The molecule has 0 bridgehead atoms. The third kappa shape index (κ3) is 1.73. The minimum Gasteiger partial charge on any atom is -0.345 e. The Morgan fingerprint density at radius 3 is 3.21 bits per heavy atom. The highest BCUT2D eigenvalue weighted by atomic mass is 35.5. The van der Waals surface area contributed by atoms with Crippen molar-refractivity contribution < 1.29 is 0 Å². The summed E-state index contributed by atoms with van der Waals surface area (Å²) in [6.07, 6.45) is 2.39. The molecule has 1 heterocycles. The predicted molar refractivity (Wildman–Crippen MR) is 58.3 cm³/mol. The van der Waals surface area contributed by atoms with Gasteiger partial charge in [0.1, 0.15) is 5.52 Å². The fourth-order valence-corrected chi connectivity index (χ4v) is 1.37. The summed E-state index contributed by atoms with van der Waals surface area (Å²) in [5.74, 6) is 6.63. The predicted octanol–water partition coefficient (Wildman–Crippen LogP) is 2.54. The molecule has 0 aliphatic carbocycles. The summed E-state index contributed by atoms with van der Waals surface area (Å²) >= 11 is 5.54. The largest absolute Gasteiger partial charge is 0.345 e. The Morgan fingerprint density at radius 1 is 1.43 bits per heavy atom.